The van der Waals surface area contributed by atoms with Crippen LogP contribution in [0.1, 0.15) is 34.7 Å². The van der Waals surface area contributed by atoms with Gasteiger partial charge in [0.15, 0.2) is 5.76 Å². The molecule has 0 aliphatic carbocycles. The molecule has 1 aliphatic rings. The molecule has 0 spiro atoms. The van der Waals surface area contributed by atoms with E-state index >= 15 is 0 Å². The molecule has 0 radical (unpaired) electrons. The number of amides is 1. The van der Waals surface area contributed by atoms with Gasteiger partial charge in [-0.25, -0.2) is 13.1 Å². The molecule has 1 fully saturated rings. The smallest absolute Gasteiger partial charge is 0.287 e. The SMILES string of the molecule is Cc1oc(C(=O)NCc2ccc(-n3cccn3)cc2)cc1S(=O)(=O)N1CCCC1. The van der Waals surface area contributed by atoms with Gasteiger partial charge in [0.1, 0.15) is 10.7 Å². The lowest BCUT2D eigenvalue weighted by Gasteiger charge is -2.14. The lowest BCUT2D eigenvalue weighted by atomic mass is 10.2. The zero-order valence-corrected chi connectivity index (χ0v) is 16.9. The van der Waals surface area contributed by atoms with E-state index < -0.39 is 15.9 Å². The zero-order chi connectivity index (χ0) is 20.4. The Morgan fingerprint density at radius 2 is 1.93 bits per heavy atom. The topological polar surface area (TPSA) is 97.4 Å². The van der Waals surface area contributed by atoms with Crippen LogP contribution in [0, 0.1) is 6.92 Å². The van der Waals surface area contributed by atoms with Gasteiger partial charge in [0.05, 0.1) is 5.69 Å². The lowest BCUT2D eigenvalue weighted by Crippen LogP contribution is -2.28. The van der Waals surface area contributed by atoms with Crippen molar-refractivity contribution in [2.75, 3.05) is 13.1 Å². The number of carbonyl (C=O) groups excluding carboxylic acids is 1. The summed E-state index contributed by atoms with van der Waals surface area (Å²) >= 11 is 0. The van der Waals surface area contributed by atoms with Gasteiger partial charge >= 0.3 is 0 Å². The molecule has 1 N–H and O–H groups in total. The Hall–Kier alpha value is -2.91. The molecule has 1 amide bonds. The molecule has 0 bridgehead atoms. The van der Waals surface area contributed by atoms with Crippen molar-refractivity contribution in [1.82, 2.24) is 19.4 Å². The Morgan fingerprint density at radius 3 is 2.59 bits per heavy atom. The van der Waals surface area contributed by atoms with Crippen LogP contribution in [-0.2, 0) is 16.6 Å². The van der Waals surface area contributed by atoms with Crippen molar-refractivity contribution in [3.8, 4) is 5.69 Å². The van der Waals surface area contributed by atoms with E-state index in [9.17, 15) is 13.2 Å². The number of nitrogens with zero attached hydrogens (tertiary/aromatic N) is 3. The van der Waals surface area contributed by atoms with Crippen molar-refractivity contribution < 1.29 is 17.6 Å². The minimum absolute atomic E-state index is 0.00608. The predicted molar refractivity (Wildman–Crippen MR) is 106 cm³/mol. The molecule has 3 aromatic rings. The van der Waals surface area contributed by atoms with Crippen molar-refractivity contribution >= 4 is 15.9 Å². The Balaban J connectivity index is 1.43. The standard InChI is InChI=1S/C20H22N4O4S/c1-15-19(29(26,27)23-10-2-3-11-23)13-18(28-15)20(25)21-14-16-5-7-17(8-6-16)24-12-4-9-22-24/h4-9,12-13H,2-3,10-11,14H2,1H3,(H,21,25). The van der Waals surface area contributed by atoms with Crippen LogP contribution in [0.25, 0.3) is 5.69 Å². The number of rotatable bonds is 6. The monoisotopic (exact) mass is 414 g/mol. The van der Waals surface area contributed by atoms with Crippen molar-refractivity contribution in [2.45, 2.75) is 31.2 Å². The number of benzene rings is 1. The summed E-state index contributed by atoms with van der Waals surface area (Å²) in [5, 5.41) is 6.94. The van der Waals surface area contributed by atoms with Gasteiger partial charge in [0.25, 0.3) is 5.91 Å². The minimum Gasteiger partial charge on any atom is -0.455 e. The van der Waals surface area contributed by atoms with E-state index in [0.717, 1.165) is 24.1 Å². The molecule has 1 saturated heterocycles. The first-order valence-corrected chi connectivity index (χ1v) is 10.9. The Kier molecular flexibility index (Phi) is 5.25. The van der Waals surface area contributed by atoms with Crippen LogP contribution in [0.2, 0.25) is 0 Å². The van der Waals surface area contributed by atoms with E-state index in [2.05, 4.69) is 10.4 Å². The number of sulfonamides is 1. The molecule has 0 unspecified atom stereocenters. The highest BCUT2D eigenvalue weighted by atomic mass is 32.2. The van der Waals surface area contributed by atoms with Crippen molar-refractivity contribution in [3.05, 3.63) is 65.9 Å². The number of aromatic nitrogens is 2. The maximum absolute atomic E-state index is 12.7. The number of carbonyl (C=O) groups is 1. The molecule has 29 heavy (non-hydrogen) atoms. The lowest BCUT2D eigenvalue weighted by molar-refractivity contribution is 0.0922. The van der Waals surface area contributed by atoms with Gasteiger partial charge in [-0.2, -0.15) is 9.40 Å². The molecule has 0 atom stereocenters. The molecular formula is C20H22N4O4S. The third-order valence-corrected chi connectivity index (χ3v) is 6.94. The molecule has 8 nitrogen and oxygen atoms in total. The highest BCUT2D eigenvalue weighted by molar-refractivity contribution is 7.89. The summed E-state index contributed by atoms with van der Waals surface area (Å²) in [6.45, 7) is 2.87. The van der Waals surface area contributed by atoms with Gasteiger partial charge in [0, 0.05) is 38.1 Å². The van der Waals surface area contributed by atoms with Crippen LogP contribution in [0.5, 0.6) is 0 Å². The molecule has 2 aromatic heterocycles. The predicted octanol–water partition coefficient (Wildman–Crippen LogP) is 2.49. The number of aryl methyl sites for hydroxylation is 1. The fraction of sp³-hybridized carbons (Fsp3) is 0.300. The van der Waals surface area contributed by atoms with Crippen molar-refractivity contribution in [3.63, 3.8) is 0 Å². The summed E-state index contributed by atoms with van der Waals surface area (Å²) in [5.74, 6) is -0.230. The van der Waals surface area contributed by atoms with Crippen LogP contribution in [0.3, 0.4) is 0 Å². The number of hydrogen-bond acceptors (Lipinski definition) is 5. The van der Waals surface area contributed by atoms with Gasteiger partial charge < -0.3 is 9.73 Å². The van der Waals surface area contributed by atoms with E-state index in [1.807, 2.05) is 36.5 Å². The fourth-order valence-corrected chi connectivity index (χ4v) is 5.04. The molecule has 0 saturated carbocycles. The molecule has 9 heteroatoms. The second kappa shape index (κ2) is 7.84. The van der Waals surface area contributed by atoms with Gasteiger partial charge in [-0.3, -0.25) is 4.79 Å². The van der Waals surface area contributed by atoms with Gasteiger partial charge in [-0.05, 0) is 43.5 Å². The second-order valence-corrected chi connectivity index (χ2v) is 8.85. The molecular weight excluding hydrogens is 392 g/mol. The number of furan rings is 1. The highest BCUT2D eigenvalue weighted by Gasteiger charge is 2.31. The summed E-state index contributed by atoms with van der Waals surface area (Å²) in [6.07, 6.45) is 5.26. The van der Waals surface area contributed by atoms with Crippen LogP contribution >= 0.6 is 0 Å². The Morgan fingerprint density at radius 1 is 1.21 bits per heavy atom. The highest BCUT2D eigenvalue weighted by Crippen LogP contribution is 2.26. The maximum atomic E-state index is 12.7. The fourth-order valence-electron chi connectivity index (χ4n) is 3.36. The first-order valence-electron chi connectivity index (χ1n) is 9.43. The summed E-state index contributed by atoms with van der Waals surface area (Å²) in [4.78, 5) is 12.5. The summed E-state index contributed by atoms with van der Waals surface area (Å²) in [5.41, 5.74) is 1.82. The van der Waals surface area contributed by atoms with Gasteiger partial charge in [0.2, 0.25) is 10.0 Å². The first kappa shape index (κ1) is 19.4. The van der Waals surface area contributed by atoms with E-state index in [-0.39, 0.29) is 16.4 Å². The van der Waals surface area contributed by atoms with Crippen LogP contribution in [-0.4, -0.2) is 41.5 Å². The summed E-state index contributed by atoms with van der Waals surface area (Å²) in [7, 11) is -3.62. The molecule has 1 aromatic carbocycles. The minimum atomic E-state index is -3.62. The second-order valence-electron chi connectivity index (χ2n) is 6.94. The maximum Gasteiger partial charge on any atom is 0.287 e. The third-order valence-electron chi connectivity index (χ3n) is 4.94. The van der Waals surface area contributed by atoms with E-state index in [1.54, 1.807) is 17.8 Å². The average Bonchev–Trinajstić information content (AvgIpc) is 3.48. The Bertz CT molecular complexity index is 1100. The summed E-state index contributed by atoms with van der Waals surface area (Å²) < 4.78 is 34.1. The van der Waals surface area contributed by atoms with Crippen molar-refractivity contribution in [2.24, 2.45) is 0 Å². The normalized spacial score (nSPS) is 14.9. The molecule has 152 valence electrons. The molecule has 4 rings (SSSR count). The average molecular weight is 414 g/mol. The van der Waals surface area contributed by atoms with Gasteiger partial charge in [-0.1, -0.05) is 12.1 Å². The first-order chi connectivity index (χ1) is 13.9. The van der Waals surface area contributed by atoms with E-state index in [4.69, 9.17) is 4.42 Å². The zero-order valence-electron chi connectivity index (χ0n) is 16.0. The van der Waals surface area contributed by atoms with Crippen molar-refractivity contribution in [1.29, 1.82) is 0 Å². The van der Waals surface area contributed by atoms with E-state index in [1.165, 1.54) is 10.4 Å². The Labute approximate surface area is 169 Å². The quantitative estimate of drug-likeness (QED) is 0.668. The number of nitrogens with one attached hydrogen (secondary N) is 1. The van der Waals surface area contributed by atoms with Crippen LogP contribution < -0.4 is 5.32 Å². The summed E-state index contributed by atoms with van der Waals surface area (Å²) in [6, 6.07) is 10.8. The third kappa shape index (κ3) is 3.96. The van der Waals surface area contributed by atoms with Crippen LogP contribution in [0.4, 0.5) is 0 Å². The number of hydrogen-bond donors (Lipinski definition) is 1. The van der Waals surface area contributed by atoms with Crippen LogP contribution in [0.15, 0.2) is 58.1 Å². The van der Waals surface area contributed by atoms with Gasteiger partial charge in [-0.15, -0.1) is 0 Å². The largest absolute Gasteiger partial charge is 0.455 e. The van der Waals surface area contributed by atoms with E-state index in [0.29, 0.717) is 19.6 Å². The molecule has 3 heterocycles. The molecule has 1 aliphatic heterocycles.